The molecular weight excluding hydrogens is 418 g/mol. The standard InChI is InChI=1S/C21H19Cl2FN2O3/c1-12(13-3-5-14(22)6-4-13)26-19(27)15-7-17(24)16(23)8-18(15)25(20(26)28)9-21(2)10-29-11-21/h3-8,12H,9-11H2,1-2H3/t12-/m1/s1. The fourth-order valence-corrected chi connectivity index (χ4v) is 3.97. The van der Waals surface area contributed by atoms with Crippen molar-refractivity contribution in [3.05, 3.63) is 78.7 Å². The highest BCUT2D eigenvalue weighted by Gasteiger charge is 2.35. The average Bonchev–Trinajstić information content (AvgIpc) is 2.66. The van der Waals surface area contributed by atoms with Gasteiger partial charge in [-0.25, -0.2) is 9.18 Å². The number of rotatable bonds is 4. The van der Waals surface area contributed by atoms with Crippen molar-refractivity contribution in [2.75, 3.05) is 13.2 Å². The Bertz CT molecular complexity index is 1210. The second-order valence-electron chi connectivity index (χ2n) is 7.86. The molecule has 152 valence electrons. The van der Waals surface area contributed by atoms with Gasteiger partial charge in [-0.05, 0) is 36.8 Å². The predicted molar refractivity (Wildman–Crippen MR) is 112 cm³/mol. The van der Waals surface area contributed by atoms with Crippen LogP contribution in [-0.4, -0.2) is 22.3 Å². The molecule has 0 saturated carbocycles. The van der Waals surface area contributed by atoms with Gasteiger partial charge in [0.2, 0.25) is 0 Å². The van der Waals surface area contributed by atoms with Crippen molar-refractivity contribution in [1.29, 1.82) is 0 Å². The van der Waals surface area contributed by atoms with Gasteiger partial charge in [-0.2, -0.15) is 0 Å². The van der Waals surface area contributed by atoms with Crippen LogP contribution in [0.25, 0.3) is 10.9 Å². The number of benzene rings is 2. The Hall–Kier alpha value is -2.15. The van der Waals surface area contributed by atoms with E-state index in [0.29, 0.717) is 30.3 Å². The molecule has 3 aromatic rings. The molecule has 2 aromatic carbocycles. The molecule has 1 aliphatic rings. The number of halogens is 3. The van der Waals surface area contributed by atoms with Crippen LogP contribution in [0.3, 0.4) is 0 Å². The number of nitrogens with zero attached hydrogens (tertiary/aromatic N) is 2. The first kappa shape index (κ1) is 20.1. The monoisotopic (exact) mass is 436 g/mol. The third kappa shape index (κ3) is 3.50. The van der Waals surface area contributed by atoms with Crippen molar-refractivity contribution in [3.63, 3.8) is 0 Å². The lowest BCUT2D eigenvalue weighted by Gasteiger charge is -2.38. The van der Waals surface area contributed by atoms with Crippen LogP contribution in [0.15, 0.2) is 46.0 Å². The smallest absolute Gasteiger partial charge is 0.332 e. The van der Waals surface area contributed by atoms with Gasteiger partial charge in [0.25, 0.3) is 5.56 Å². The number of aromatic nitrogens is 2. The number of ether oxygens (including phenoxy) is 1. The summed E-state index contributed by atoms with van der Waals surface area (Å²) in [6.45, 7) is 5.09. The Morgan fingerprint density at radius 1 is 1.17 bits per heavy atom. The SMILES string of the molecule is C[C@H](c1ccc(Cl)cc1)n1c(=O)c2cc(F)c(Cl)cc2n(CC2(C)COC2)c1=O. The van der Waals surface area contributed by atoms with Crippen LogP contribution < -0.4 is 11.2 Å². The van der Waals surface area contributed by atoms with E-state index in [2.05, 4.69) is 0 Å². The fourth-order valence-electron chi connectivity index (χ4n) is 3.69. The van der Waals surface area contributed by atoms with E-state index in [9.17, 15) is 14.0 Å². The molecular formula is C21H19Cl2FN2O3. The maximum Gasteiger partial charge on any atom is 0.332 e. The minimum atomic E-state index is -0.703. The minimum absolute atomic E-state index is 0.108. The molecule has 0 bridgehead atoms. The van der Waals surface area contributed by atoms with E-state index < -0.39 is 23.1 Å². The number of fused-ring (bicyclic) bond motifs is 1. The predicted octanol–water partition coefficient (Wildman–Crippen LogP) is 4.25. The van der Waals surface area contributed by atoms with Gasteiger partial charge in [0.05, 0.1) is 35.2 Å². The van der Waals surface area contributed by atoms with Gasteiger partial charge in [-0.3, -0.25) is 13.9 Å². The van der Waals surface area contributed by atoms with Crippen LogP contribution in [0.5, 0.6) is 0 Å². The summed E-state index contributed by atoms with van der Waals surface area (Å²) < 4.78 is 22.1. The van der Waals surface area contributed by atoms with Crippen LogP contribution in [0.1, 0.15) is 25.5 Å². The van der Waals surface area contributed by atoms with Gasteiger partial charge < -0.3 is 4.74 Å². The lowest BCUT2D eigenvalue weighted by molar-refractivity contribution is -0.110. The molecule has 5 nitrogen and oxygen atoms in total. The summed E-state index contributed by atoms with van der Waals surface area (Å²) in [4.78, 5) is 26.6. The van der Waals surface area contributed by atoms with Gasteiger partial charge in [0.15, 0.2) is 0 Å². The summed E-state index contributed by atoms with van der Waals surface area (Å²) in [7, 11) is 0. The van der Waals surface area contributed by atoms with E-state index in [1.807, 2.05) is 6.92 Å². The molecule has 0 N–H and O–H groups in total. The Morgan fingerprint density at radius 3 is 2.41 bits per heavy atom. The molecule has 1 saturated heterocycles. The third-order valence-corrected chi connectivity index (χ3v) is 5.94. The molecule has 0 unspecified atom stereocenters. The molecule has 0 aliphatic carbocycles. The van der Waals surface area contributed by atoms with Crippen LogP contribution >= 0.6 is 23.2 Å². The Morgan fingerprint density at radius 2 is 1.83 bits per heavy atom. The zero-order valence-electron chi connectivity index (χ0n) is 15.9. The molecule has 1 aromatic heterocycles. The van der Waals surface area contributed by atoms with E-state index in [0.717, 1.165) is 16.2 Å². The highest BCUT2D eigenvalue weighted by Crippen LogP contribution is 2.30. The molecule has 1 atom stereocenters. The summed E-state index contributed by atoms with van der Waals surface area (Å²) in [6, 6.07) is 8.80. The van der Waals surface area contributed by atoms with Crippen LogP contribution in [0.2, 0.25) is 10.0 Å². The largest absolute Gasteiger partial charge is 0.380 e. The van der Waals surface area contributed by atoms with E-state index in [4.69, 9.17) is 27.9 Å². The normalized spacial score (nSPS) is 16.6. The van der Waals surface area contributed by atoms with Crippen molar-refractivity contribution >= 4 is 34.1 Å². The first-order valence-electron chi connectivity index (χ1n) is 9.17. The molecule has 2 heterocycles. The second-order valence-corrected chi connectivity index (χ2v) is 8.70. The highest BCUT2D eigenvalue weighted by molar-refractivity contribution is 6.31. The Balaban J connectivity index is 1.99. The summed E-state index contributed by atoms with van der Waals surface area (Å²) in [5, 5.41) is 0.526. The lowest BCUT2D eigenvalue weighted by Crippen LogP contribution is -2.49. The van der Waals surface area contributed by atoms with Crippen molar-refractivity contribution in [2.45, 2.75) is 26.4 Å². The quantitative estimate of drug-likeness (QED) is 0.613. The summed E-state index contributed by atoms with van der Waals surface area (Å²) >= 11 is 11.9. The lowest BCUT2D eigenvalue weighted by atomic mass is 9.88. The van der Waals surface area contributed by atoms with Crippen molar-refractivity contribution < 1.29 is 9.13 Å². The van der Waals surface area contributed by atoms with E-state index in [1.54, 1.807) is 31.2 Å². The fraction of sp³-hybridized carbons (Fsp3) is 0.333. The molecule has 1 aliphatic heterocycles. The van der Waals surface area contributed by atoms with Crippen molar-refractivity contribution in [2.24, 2.45) is 5.41 Å². The van der Waals surface area contributed by atoms with Gasteiger partial charge >= 0.3 is 5.69 Å². The van der Waals surface area contributed by atoms with Crippen LogP contribution in [-0.2, 0) is 11.3 Å². The molecule has 4 rings (SSSR count). The minimum Gasteiger partial charge on any atom is -0.380 e. The van der Waals surface area contributed by atoms with Crippen LogP contribution in [0, 0.1) is 11.2 Å². The van der Waals surface area contributed by atoms with Gasteiger partial charge in [0.1, 0.15) is 5.82 Å². The maximum absolute atomic E-state index is 14.2. The van der Waals surface area contributed by atoms with Gasteiger partial charge in [-0.15, -0.1) is 0 Å². The first-order valence-corrected chi connectivity index (χ1v) is 9.93. The molecule has 1 fully saturated rings. The Labute approximate surface area is 176 Å². The third-order valence-electron chi connectivity index (χ3n) is 5.40. The van der Waals surface area contributed by atoms with Gasteiger partial charge in [-0.1, -0.05) is 42.3 Å². The van der Waals surface area contributed by atoms with Crippen LogP contribution in [0.4, 0.5) is 4.39 Å². The van der Waals surface area contributed by atoms with E-state index >= 15 is 0 Å². The first-order chi connectivity index (χ1) is 13.7. The molecule has 0 amide bonds. The molecule has 29 heavy (non-hydrogen) atoms. The summed E-state index contributed by atoms with van der Waals surface area (Å²) in [5.41, 5.74) is -0.218. The topological polar surface area (TPSA) is 53.2 Å². The van der Waals surface area contributed by atoms with Crippen molar-refractivity contribution in [1.82, 2.24) is 9.13 Å². The zero-order chi connectivity index (χ0) is 20.9. The number of hydrogen-bond acceptors (Lipinski definition) is 3. The molecule has 0 spiro atoms. The maximum atomic E-state index is 14.2. The van der Waals surface area contributed by atoms with E-state index in [-0.39, 0.29) is 15.8 Å². The zero-order valence-corrected chi connectivity index (χ0v) is 17.4. The van der Waals surface area contributed by atoms with Gasteiger partial charge in [0, 0.05) is 17.0 Å². The molecule has 8 heteroatoms. The highest BCUT2D eigenvalue weighted by atomic mass is 35.5. The summed E-state index contributed by atoms with van der Waals surface area (Å²) in [6.07, 6.45) is 0. The van der Waals surface area contributed by atoms with Crippen molar-refractivity contribution in [3.8, 4) is 0 Å². The average molecular weight is 437 g/mol. The molecule has 0 radical (unpaired) electrons. The second kappa shape index (κ2) is 7.27. The Kier molecular flexibility index (Phi) is 5.05. The number of hydrogen-bond donors (Lipinski definition) is 0. The van der Waals surface area contributed by atoms with E-state index in [1.165, 1.54) is 10.6 Å². The summed E-state index contributed by atoms with van der Waals surface area (Å²) in [5.74, 6) is -0.703.